The summed E-state index contributed by atoms with van der Waals surface area (Å²) in [6.07, 6.45) is 0. The molecule has 5 heterocycles. The molecule has 7 rings (SSSR count). The number of fused-ring (bicyclic) bond motifs is 5. The molecule has 0 radical (unpaired) electrons. The molecule has 0 N–H and O–H groups in total. The Balaban J connectivity index is 1.41. The molecule has 0 saturated heterocycles. The Morgan fingerprint density at radius 2 is 1.12 bits per heavy atom. The van der Waals surface area contributed by atoms with E-state index < -0.39 is 0 Å². The molecule has 0 fully saturated rings. The highest BCUT2D eigenvalue weighted by Crippen LogP contribution is 2.48. The summed E-state index contributed by atoms with van der Waals surface area (Å²) in [6.45, 7) is 2.40. The van der Waals surface area contributed by atoms with Crippen LogP contribution in [0.25, 0.3) is 44.1 Å². The van der Waals surface area contributed by atoms with Crippen molar-refractivity contribution in [1.29, 1.82) is 0 Å². The van der Waals surface area contributed by atoms with Gasteiger partial charge in [-0.25, -0.2) is 0 Å². The number of hydrogen-bond donors (Lipinski definition) is 0. The minimum atomic E-state index is 0.591. The van der Waals surface area contributed by atoms with Gasteiger partial charge in [0.2, 0.25) is 10.1 Å². The lowest BCUT2D eigenvalue weighted by molar-refractivity contribution is 0.179. The van der Waals surface area contributed by atoms with Gasteiger partial charge in [-0.3, -0.25) is 0 Å². The van der Waals surface area contributed by atoms with Crippen LogP contribution in [0.3, 0.4) is 0 Å². The first kappa shape index (κ1) is 18.4. The van der Waals surface area contributed by atoms with Crippen molar-refractivity contribution < 1.29 is 18.9 Å². The van der Waals surface area contributed by atoms with E-state index in [0.717, 1.165) is 43.9 Å². The number of hydrogen-bond acceptors (Lipinski definition) is 6. The van der Waals surface area contributed by atoms with Gasteiger partial charge in [-0.2, -0.15) is 0 Å². The molecule has 5 aromatic rings. The summed E-state index contributed by atoms with van der Waals surface area (Å²) in [6, 6.07) is 13.3. The summed E-state index contributed by atoms with van der Waals surface area (Å²) < 4.78 is 25.6. The van der Waals surface area contributed by atoms with Crippen LogP contribution in [0.1, 0.15) is 0 Å². The maximum absolute atomic E-state index is 5.93. The Morgan fingerprint density at radius 1 is 0.656 bits per heavy atom. The van der Waals surface area contributed by atoms with Gasteiger partial charge >= 0.3 is 0 Å². The average molecular weight is 462 g/mol. The van der Waals surface area contributed by atoms with E-state index in [0.29, 0.717) is 26.4 Å². The maximum atomic E-state index is 5.93. The van der Waals surface area contributed by atoms with Gasteiger partial charge in [-0.1, -0.05) is 12.1 Å². The van der Waals surface area contributed by atoms with Gasteiger partial charge in [-0.15, -0.1) is 22.7 Å². The van der Waals surface area contributed by atoms with E-state index in [9.17, 15) is 0 Å². The lowest BCUT2D eigenvalue weighted by Crippen LogP contribution is -2.14. The van der Waals surface area contributed by atoms with E-state index in [1.54, 1.807) is 22.7 Å². The number of rotatable bonds is 2. The van der Waals surface area contributed by atoms with Crippen LogP contribution in [0.4, 0.5) is 0 Å². The third kappa shape index (κ3) is 2.61. The number of thiophene rings is 2. The van der Waals surface area contributed by atoms with Gasteiger partial charge < -0.3 is 23.5 Å². The van der Waals surface area contributed by atoms with Crippen molar-refractivity contribution >= 4 is 44.5 Å². The van der Waals surface area contributed by atoms with Crippen molar-refractivity contribution in [3.63, 3.8) is 0 Å². The second-order valence-electron chi connectivity index (χ2n) is 7.95. The summed E-state index contributed by atoms with van der Waals surface area (Å²) >= 11 is 3.20. The smallest absolute Gasteiger partial charge is 0.217 e. The quantitative estimate of drug-likeness (QED) is 0.308. The Kier molecular flexibility index (Phi) is 3.98. The van der Waals surface area contributed by atoms with Gasteiger partial charge in [0.05, 0.1) is 0 Å². The highest BCUT2D eigenvalue weighted by atomic mass is 32.1. The normalized spacial score (nSPS) is 14.9. The SMILES string of the molecule is Cn1c2ccc(-c3csc4c3OCCO4)cc2c2cc(-c3csc4c3OCCO4)ccc21. The van der Waals surface area contributed by atoms with Crippen molar-refractivity contribution in [3.05, 3.63) is 47.2 Å². The molecule has 0 bridgehead atoms. The second kappa shape index (κ2) is 6.92. The second-order valence-corrected chi connectivity index (χ2v) is 9.63. The standard InChI is InChI=1S/C25H19NO4S2/c1-26-20-4-2-14(18-12-31-24-22(18)27-6-8-29-24)10-16(20)17-11-15(3-5-21(17)26)19-13-32-25-23(19)28-7-9-30-25/h2-5,10-13H,6-9H2,1H3. The monoisotopic (exact) mass is 461 g/mol. The fraction of sp³-hybridized carbons (Fsp3) is 0.200. The molecule has 2 aliphatic heterocycles. The number of ether oxygens (including phenoxy) is 4. The van der Waals surface area contributed by atoms with Crippen LogP contribution in [0, 0.1) is 0 Å². The topological polar surface area (TPSA) is 41.9 Å². The Morgan fingerprint density at radius 3 is 1.62 bits per heavy atom. The minimum absolute atomic E-state index is 0.591. The van der Waals surface area contributed by atoms with Crippen molar-refractivity contribution in [2.24, 2.45) is 7.05 Å². The Hall–Kier alpha value is -3.16. The van der Waals surface area contributed by atoms with E-state index in [1.807, 2.05) is 0 Å². The molecule has 0 aliphatic carbocycles. The third-order valence-electron chi connectivity index (χ3n) is 6.18. The Bertz CT molecular complexity index is 1400. The lowest BCUT2D eigenvalue weighted by atomic mass is 10.0. The molecular weight excluding hydrogens is 442 g/mol. The molecule has 5 nitrogen and oxygen atoms in total. The van der Waals surface area contributed by atoms with Crippen molar-refractivity contribution in [3.8, 4) is 43.9 Å². The summed E-state index contributed by atoms with van der Waals surface area (Å²) in [5.41, 5.74) is 6.88. The van der Waals surface area contributed by atoms with Crippen molar-refractivity contribution in [2.75, 3.05) is 26.4 Å². The largest absolute Gasteiger partial charge is 0.485 e. The van der Waals surface area contributed by atoms with Crippen LogP contribution in [0.5, 0.6) is 21.6 Å². The maximum Gasteiger partial charge on any atom is 0.217 e. The van der Waals surface area contributed by atoms with Gasteiger partial charge in [0, 0.05) is 50.7 Å². The molecule has 7 heteroatoms. The van der Waals surface area contributed by atoms with Crippen LogP contribution in [0.15, 0.2) is 47.2 Å². The first-order valence-corrected chi connectivity index (χ1v) is 12.3. The molecule has 0 amide bonds. The van der Waals surface area contributed by atoms with Crippen LogP contribution in [-0.2, 0) is 7.05 Å². The number of aromatic nitrogens is 1. The fourth-order valence-electron chi connectivity index (χ4n) is 4.64. The minimum Gasteiger partial charge on any atom is -0.485 e. The van der Waals surface area contributed by atoms with Gasteiger partial charge in [0.25, 0.3) is 0 Å². The molecule has 3 aromatic heterocycles. The highest BCUT2D eigenvalue weighted by Gasteiger charge is 2.22. The summed E-state index contributed by atoms with van der Waals surface area (Å²) in [7, 11) is 2.12. The van der Waals surface area contributed by atoms with Crippen LogP contribution >= 0.6 is 22.7 Å². The first-order chi connectivity index (χ1) is 15.8. The molecule has 0 atom stereocenters. The van der Waals surface area contributed by atoms with Crippen molar-refractivity contribution in [1.82, 2.24) is 4.57 Å². The summed E-state index contributed by atoms with van der Waals surface area (Å²) in [5, 5.41) is 8.44. The van der Waals surface area contributed by atoms with Crippen LogP contribution in [-0.4, -0.2) is 31.0 Å². The molecule has 2 aliphatic rings. The molecule has 160 valence electrons. The highest BCUT2D eigenvalue weighted by molar-refractivity contribution is 7.13. The number of aryl methyl sites for hydroxylation is 1. The number of nitrogens with zero attached hydrogens (tertiary/aromatic N) is 1. The molecule has 0 spiro atoms. The fourth-order valence-corrected chi connectivity index (χ4v) is 6.43. The van der Waals surface area contributed by atoms with Gasteiger partial charge in [0.1, 0.15) is 26.4 Å². The summed E-state index contributed by atoms with van der Waals surface area (Å²) in [4.78, 5) is 0. The molecule has 0 saturated carbocycles. The molecule has 2 aromatic carbocycles. The number of benzene rings is 2. The molecular formula is C25H19NO4S2. The van der Waals surface area contributed by atoms with Crippen LogP contribution in [0.2, 0.25) is 0 Å². The van der Waals surface area contributed by atoms with Gasteiger partial charge in [-0.05, 0) is 35.4 Å². The van der Waals surface area contributed by atoms with Gasteiger partial charge in [0.15, 0.2) is 11.5 Å². The zero-order chi connectivity index (χ0) is 21.2. The summed E-state index contributed by atoms with van der Waals surface area (Å²) in [5.74, 6) is 1.73. The van der Waals surface area contributed by atoms with E-state index in [-0.39, 0.29) is 0 Å². The predicted octanol–water partition coefficient (Wildman–Crippen LogP) is 6.33. The molecule has 0 unspecified atom stereocenters. The van der Waals surface area contributed by atoms with E-state index in [4.69, 9.17) is 18.9 Å². The van der Waals surface area contributed by atoms with E-state index in [2.05, 4.69) is 58.8 Å². The zero-order valence-corrected chi connectivity index (χ0v) is 19.0. The van der Waals surface area contributed by atoms with E-state index >= 15 is 0 Å². The molecule has 32 heavy (non-hydrogen) atoms. The Labute approximate surface area is 192 Å². The zero-order valence-electron chi connectivity index (χ0n) is 17.3. The lowest BCUT2D eigenvalue weighted by Gasteiger charge is -2.16. The predicted molar refractivity (Wildman–Crippen MR) is 129 cm³/mol. The van der Waals surface area contributed by atoms with E-state index in [1.165, 1.54) is 21.8 Å². The first-order valence-electron chi connectivity index (χ1n) is 10.5. The average Bonchev–Trinajstić information content (AvgIpc) is 3.53. The van der Waals surface area contributed by atoms with Crippen LogP contribution < -0.4 is 18.9 Å². The third-order valence-corrected chi connectivity index (χ3v) is 7.92. The van der Waals surface area contributed by atoms with Crippen molar-refractivity contribution in [2.45, 2.75) is 0 Å².